The van der Waals surface area contributed by atoms with Crippen LogP contribution in [0.15, 0.2) is 243 Å². The van der Waals surface area contributed by atoms with Gasteiger partial charge in [0.15, 0.2) is 8.32 Å². The van der Waals surface area contributed by atoms with Crippen LogP contribution in [0.3, 0.4) is 0 Å². The Kier molecular flexibility index (Phi) is 12.9. The first-order valence-corrected chi connectivity index (χ1v) is 42.0. The molecule has 0 spiro atoms. The summed E-state index contributed by atoms with van der Waals surface area (Å²) in [6, 6.07) is 76.1. The number of hydrogen-bond acceptors (Lipinski definition) is 13. The van der Waals surface area contributed by atoms with Crippen molar-refractivity contribution < 1.29 is 53.5 Å². The summed E-state index contributed by atoms with van der Waals surface area (Å²) in [5, 5.41) is 3.80. The molecule has 22 heteroatoms. The molecule has 8 bridgehead atoms. The van der Waals surface area contributed by atoms with E-state index in [0.29, 0.717) is 48.8 Å². The van der Waals surface area contributed by atoms with Crippen molar-refractivity contribution in [3.05, 3.63) is 254 Å². The summed E-state index contributed by atoms with van der Waals surface area (Å²) in [7, 11) is -42.0. The highest BCUT2D eigenvalue weighted by Crippen LogP contribution is 2.49. The number of aryl methyl sites for hydroxylation is 1. The highest BCUT2D eigenvalue weighted by atomic mass is 28.6. The van der Waals surface area contributed by atoms with E-state index in [-0.39, 0.29) is 0 Å². The van der Waals surface area contributed by atoms with E-state index in [1.165, 1.54) is 0 Å². The Morgan fingerprint density at radius 1 is 0.342 bits per heavy atom. The largest absolute Gasteiger partial charge is 0.647 e. The molecule has 0 amide bonds. The molecule has 6 heterocycles. The van der Waals surface area contributed by atoms with Gasteiger partial charge in [-0.2, -0.15) is 0 Å². The van der Waals surface area contributed by atoms with Gasteiger partial charge in [-0.05, 0) is 36.7 Å². The first-order valence-electron chi connectivity index (χ1n) is 25.2. The lowest BCUT2D eigenvalue weighted by Crippen LogP contribution is -2.96. The van der Waals surface area contributed by atoms with Crippen LogP contribution in [0.2, 0.25) is 19.1 Å². The molecule has 0 aliphatic carbocycles. The van der Waals surface area contributed by atoms with E-state index in [4.69, 9.17) is 53.5 Å². The van der Waals surface area contributed by atoms with Crippen molar-refractivity contribution >= 4 is 121 Å². The molecule has 8 aromatic carbocycles. The van der Waals surface area contributed by atoms with Gasteiger partial charge >= 0.3 is 70.7 Å². The van der Waals surface area contributed by atoms with Crippen molar-refractivity contribution in [2.75, 3.05) is 0 Å². The van der Waals surface area contributed by atoms with Crippen LogP contribution in [0.4, 0.5) is 0 Å². The Balaban J connectivity index is 1.18. The van der Waals surface area contributed by atoms with Crippen LogP contribution in [0, 0.1) is 0 Å². The van der Waals surface area contributed by atoms with E-state index in [0.717, 1.165) is 11.1 Å². The standard InChI is InChI=1S/C54H52O13Si9/c1-4-46-27-26-28-47(45-46)43-44-68(2,3)55-76-65-73(52-37-20-9-21-38-52)59-70(49-31-14-6-15-32-49)56-69(48-29-12-5-13-30-48)57-71(61-73,50-33-16-7-17-34-50)63-75(67-76,54-41-24-11-25-42-54)64-72(58-69,51-35-18-8-19-36-51)62-74(60-70,66-76)53-39-22-10-23-40-53/h4-42,45H,1,43-44H2,2-3H3. The predicted molar refractivity (Wildman–Crippen MR) is 305 cm³/mol. The molecule has 0 atom stereocenters. The van der Waals surface area contributed by atoms with Crippen LogP contribution < -0.4 is 36.3 Å². The molecule has 0 N–H and O–H groups in total. The Labute approximate surface area is 451 Å². The molecule has 6 saturated heterocycles. The Morgan fingerprint density at radius 2 is 0.592 bits per heavy atom. The molecule has 0 saturated carbocycles. The third-order valence-electron chi connectivity index (χ3n) is 13.7. The van der Waals surface area contributed by atoms with Crippen molar-refractivity contribution in [3.8, 4) is 0 Å². The maximum atomic E-state index is 8.18. The average Bonchev–Trinajstić information content (AvgIpc) is 3.48. The van der Waals surface area contributed by atoms with Gasteiger partial charge in [-0.25, -0.2) is 0 Å². The van der Waals surface area contributed by atoms with E-state index in [1.54, 1.807) is 0 Å². The summed E-state index contributed by atoms with van der Waals surface area (Å²) in [6.45, 7) is 8.30. The normalized spacial score (nSPS) is 31.6. The quantitative estimate of drug-likeness (QED) is 0.131. The Morgan fingerprint density at radius 3 is 0.842 bits per heavy atom. The molecular weight excluding hydrogens is 1110 g/mol. The van der Waals surface area contributed by atoms with E-state index in [9.17, 15) is 0 Å². The number of hydrogen-bond donors (Lipinski definition) is 0. The molecule has 14 rings (SSSR count). The Hall–Kier alpha value is -5.07. The summed E-state index contributed by atoms with van der Waals surface area (Å²) in [5.41, 5.74) is 2.14. The smallest absolute Gasteiger partial charge is 0.395 e. The van der Waals surface area contributed by atoms with Crippen molar-refractivity contribution in [2.45, 2.75) is 25.6 Å². The molecule has 0 aromatic heterocycles. The minimum absolute atomic E-state index is 0.532. The fourth-order valence-electron chi connectivity index (χ4n) is 10.1. The van der Waals surface area contributed by atoms with Crippen molar-refractivity contribution in [1.29, 1.82) is 0 Å². The zero-order chi connectivity index (χ0) is 51.6. The van der Waals surface area contributed by atoms with E-state index in [1.807, 2.05) is 231 Å². The molecule has 76 heavy (non-hydrogen) atoms. The summed E-state index contributed by atoms with van der Waals surface area (Å²) >= 11 is 0. The van der Waals surface area contributed by atoms with Gasteiger partial charge in [-0.1, -0.05) is 249 Å². The molecule has 13 nitrogen and oxygen atoms in total. The van der Waals surface area contributed by atoms with Crippen LogP contribution in [-0.4, -0.2) is 79.0 Å². The van der Waals surface area contributed by atoms with Gasteiger partial charge in [0.25, 0.3) is 0 Å². The van der Waals surface area contributed by atoms with Crippen LogP contribution in [0.5, 0.6) is 0 Å². The van der Waals surface area contributed by atoms with Gasteiger partial charge < -0.3 is 53.5 Å². The zero-order valence-corrected chi connectivity index (χ0v) is 50.5. The molecular formula is C54H52O13Si9. The summed E-state index contributed by atoms with van der Waals surface area (Å²) in [4.78, 5) is 0. The summed E-state index contributed by atoms with van der Waals surface area (Å²) in [5.74, 6) is 0. The predicted octanol–water partition coefficient (Wildman–Crippen LogP) is 5.72. The van der Waals surface area contributed by atoms with E-state index < -0.39 is 79.0 Å². The summed E-state index contributed by atoms with van der Waals surface area (Å²) in [6.07, 6.45) is 2.52. The van der Waals surface area contributed by atoms with Crippen LogP contribution in [0.25, 0.3) is 6.08 Å². The highest BCUT2D eigenvalue weighted by molar-refractivity contribution is 7.13. The lowest BCUT2D eigenvalue weighted by molar-refractivity contribution is -0.0263. The zero-order valence-electron chi connectivity index (χ0n) is 41.5. The fourth-order valence-corrected chi connectivity index (χ4v) is 59.5. The average molecular weight is 1160 g/mol. The van der Waals surface area contributed by atoms with Gasteiger partial charge in [0.1, 0.15) is 0 Å². The van der Waals surface area contributed by atoms with Crippen molar-refractivity contribution in [1.82, 2.24) is 0 Å². The summed E-state index contributed by atoms with van der Waals surface area (Å²) < 4.78 is 106. The fraction of sp³-hybridized carbons (Fsp3) is 0.0741. The monoisotopic (exact) mass is 1160 g/mol. The SMILES string of the molecule is C=Cc1cccc(CC[Si](C)(C)O[Si]23O[Si]4(c5ccccc5)O[Si]5(c6ccccc6)O[Si](c6ccccc6)(O2)O[Si]2(c6ccccc6)O[Si](c6ccccc6)(O3)O[Si](c3ccccc3)(O4)O[Si](c3ccccc3)(O5)O2)c1. The minimum atomic E-state index is -5.10. The molecule has 6 fully saturated rings. The van der Waals surface area contributed by atoms with Crippen LogP contribution in [-0.2, 0) is 59.9 Å². The van der Waals surface area contributed by atoms with Crippen molar-refractivity contribution in [2.24, 2.45) is 0 Å². The molecule has 382 valence electrons. The Bertz CT molecular complexity index is 3080. The second kappa shape index (κ2) is 19.4. The van der Waals surface area contributed by atoms with Gasteiger partial charge in [0.05, 0.1) is 0 Å². The van der Waals surface area contributed by atoms with Gasteiger partial charge in [-0.15, -0.1) is 0 Å². The topological polar surface area (TPSA) is 120 Å². The molecule has 0 radical (unpaired) electrons. The number of benzene rings is 8. The molecule has 8 aromatic rings. The lowest BCUT2D eigenvalue weighted by atomic mass is 10.1. The van der Waals surface area contributed by atoms with Crippen molar-refractivity contribution in [3.63, 3.8) is 0 Å². The van der Waals surface area contributed by atoms with E-state index >= 15 is 0 Å². The second-order valence-electron chi connectivity index (χ2n) is 19.5. The van der Waals surface area contributed by atoms with Gasteiger partial charge in [0.2, 0.25) is 0 Å². The van der Waals surface area contributed by atoms with E-state index in [2.05, 4.69) is 31.8 Å². The van der Waals surface area contributed by atoms with Crippen LogP contribution in [0.1, 0.15) is 11.1 Å². The van der Waals surface area contributed by atoms with Crippen LogP contribution >= 0.6 is 0 Å². The molecule has 6 aliphatic heterocycles. The maximum absolute atomic E-state index is 8.18. The molecule has 6 aliphatic rings. The maximum Gasteiger partial charge on any atom is 0.647 e. The van der Waals surface area contributed by atoms with Gasteiger partial charge in [-0.3, -0.25) is 0 Å². The number of rotatable bonds is 13. The molecule has 0 unspecified atom stereocenters. The van der Waals surface area contributed by atoms with Gasteiger partial charge in [0, 0.05) is 36.3 Å². The highest BCUT2D eigenvalue weighted by Gasteiger charge is 2.87. The third-order valence-corrected chi connectivity index (χ3v) is 51.2. The first kappa shape index (κ1) is 50.4. The second-order valence-corrected chi connectivity index (χ2v) is 47.0. The lowest BCUT2D eigenvalue weighted by Gasteiger charge is -2.62. The minimum Gasteiger partial charge on any atom is -0.395 e. The third kappa shape index (κ3) is 8.91. The first-order chi connectivity index (χ1) is 36.9.